The first-order chi connectivity index (χ1) is 15.6. The third-order valence-corrected chi connectivity index (χ3v) is 8.84. The number of aromatic hydroxyl groups is 1. The van der Waals surface area contributed by atoms with Crippen molar-refractivity contribution in [1.82, 2.24) is 0 Å². The van der Waals surface area contributed by atoms with E-state index in [-0.39, 0.29) is 28.9 Å². The zero-order valence-electron chi connectivity index (χ0n) is 18.5. The second-order valence-electron chi connectivity index (χ2n) is 10.4. The molecule has 2 saturated carbocycles. The number of carboxylic acids is 1. The van der Waals surface area contributed by atoms with E-state index in [1.807, 2.05) is 6.07 Å². The molecule has 182 valence electrons. The highest BCUT2D eigenvalue weighted by Gasteiger charge is 2.55. The second-order valence-corrected chi connectivity index (χ2v) is 10.4. The van der Waals surface area contributed by atoms with Crippen LogP contribution in [0.2, 0.25) is 0 Å². The minimum atomic E-state index is -1.81. The first-order valence-electron chi connectivity index (χ1n) is 11.8. The summed E-state index contributed by atoms with van der Waals surface area (Å²) in [5.74, 6) is -0.413. The molecule has 4 aliphatic rings. The topological polar surface area (TPSA) is 157 Å². The van der Waals surface area contributed by atoms with E-state index in [2.05, 4.69) is 6.92 Å². The number of hydrogen-bond acceptors (Lipinski definition) is 8. The SMILES string of the molecule is C[C@]12CC[C@@H]3c4ccc(O)c(O[C@@H]5O[C@H](C(=O)O)[C@@H](O)[C@H](O)[C@H]5O)c4CC[C@H]3[C@@H]1CC[C@@H]2O. The minimum Gasteiger partial charge on any atom is -0.504 e. The third-order valence-electron chi connectivity index (χ3n) is 8.84. The minimum absolute atomic E-state index is 0.0578. The summed E-state index contributed by atoms with van der Waals surface area (Å²) >= 11 is 0. The molecule has 5 rings (SSSR count). The molecule has 6 N–H and O–H groups in total. The largest absolute Gasteiger partial charge is 0.504 e. The number of ether oxygens (including phenoxy) is 2. The van der Waals surface area contributed by atoms with Crippen molar-refractivity contribution < 1.29 is 44.9 Å². The van der Waals surface area contributed by atoms with Crippen molar-refractivity contribution in [3.63, 3.8) is 0 Å². The Kier molecular flexibility index (Phi) is 5.61. The van der Waals surface area contributed by atoms with Crippen molar-refractivity contribution in [1.29, 1.82) is 0 Å². The van der Waals surface area contributed by atoms with E-state index in [9.17, 15) is 35.4 Å². The summed E-state index contributed by atoms with van der Waals surface area (Å²) in [4.78, 5) is 11.4. The van der Waals surface area contributed by atoms with Gasteiger partial charge < -0.3 is 40.1 Å². The summed E-state index contributed by atoms with van der Waals surface area (Å²) in [5, 5.41) is 60.8. The molecule has 1 aromatic rings. The monoisotopic (exact) mass is 464 g/mol. The Bertz CT molecular complexity index is 935. The second kappa shape index (κ2) is 8.09. The van der Waals surface area contributed by atoms with E-state index in [0.717, 1.165) is 43.2 Å². The summed E-state index contributed by atoms with van der Waals surface area (Å²) < 4.78 is 11.1. The quantitative estimate of drug-likeness (QED) is 0.382. The Hall–Kier alpha value is -1.91. The van der Waals surface area contributed by atoms with Gasteiger partial charge in [0, 0.05) is 5.56 Å². The number of fused-ring (bicyclic) bond motifs is 5. The molecule has 0 radical (unpaired) electrons. The molecule has 3 fully saturated rings. The van der Waals surface area contributed by atoms with Crippen LogP contribution in [0.1, 0.15) is 56.1 Å². The number of carbonyl (C=O) groups is 1. The molecular weight excluding hydrogens is 432 g/mol. The van der Waals surface area contributed by atoms with Gasteiger partial charge in [0.15, 0.2) is 17.6 Å². The Balaban J connectivity index is 1.44. The van der Waals surface area contributed by atoms with E-state index >= 15 is 0 Å². The van der Waals surface area contributed by atoms with Crippen LogP contribution in [0.25, 0.3) is 0 Å². The van der Waals surface area contributed by atoms with Crippen LogP contribution in [0.3, 0.4) is 0 Å². The van der Waals surface area contributed by atoms with Gasteiger partial charge in [0.2, 0.25) is 6.29 Å². The number of hydrogen-bond donors (Lipinski definition) is 6. The summed E-state index contributed by atoms with van der Waals surface area (Å²) in [6, 6.07) is 3.43. The fourth-order valence-corrected chi connectivity index (χ4v) is 6.99. The Morgan fingerprint density at radius 1 is 1.06 bits per heavy atom. The van der Waals surface area contributed by atoms with Gasteiger partial charge in [-0.2, -0.15) is 0 Å². The van der Waals surface area contributed by atoms with Gasteiger partial charge in [0.1, 0.15) is 18.3 Å². The van der Waals surface area contributed by atoms with Crippen molar-refractivity contribution in [3.05, 3.63) is 23.3 Å². The van der Waals surface area contributed by atoms with Crippen molar-refractivity contribution in [2.45, 2.75) is 88.2 Å². The maximum absolute atomic E-state index is 11.4. The van der Waals surface area contributed by atoms with Crippen LogP contribution >= 0.6 is 0 Å². The highest BCUT2D eigenvalue weighted by Crippen LogP contribution is 2.61. The van der Waals surface area contributed by atoms with Gasteiger partial charge in [-0.15, -0.1) is 0 Å². The molecule has 1 heterocycles. The zero-order chi connectivity index (χ0) is 23.7. The van der Waals surface area contributed by atoms with Crippen molar-refractivity contribution in [3.8, 4) is 11.5 Å². The molecule has 33 heavy (non-hydrogen) atoms. The summed E-state index contributed by atoms with van der Waals surface area (Å²) in [5.41, 5.74) is 1.79. The normalized spacial score (nSPS) is 44.5. The van der Waals surface area contributed by atoms with Crippen LogP contribution in [-0.4, -0.2) is 73.4 Å². The standard InChI is InChI=1S/C24H32O9/c1-24-9-8-11-10-4-6-15(25)20(13(10)3-2-12(11)14(24)5-7-16(24)26)32-23-19(29)17(27)18(28)21(33-23)22(30)31/h4,6,11-12,14,16-19,21,23,25-29H,2-3,5,7-9H2,1H3,(H,30,31)/t11-,12-,14+,16+,17+,18+,19-,21+,23-,24+/m1/s1. The van der Waals surface area contributed by atoms with Crippen molar-refractivity contribution in [2.75, 3.05) is 0 Å². The van der Waals surface area contributed by atoms with Gasteiger partial charge in [-0.05, 0) is 73.3 Å². The molecule has 1 aliphatic heterocycles. The van der Waals surface area contributed by atoms with E-state index in [4.69, 9.17) is 9.47 Å². The van der Waals surface area contributed by atoms with Crippen LogP contribution in [0.15, 0.2) is 12.1 Å². The fourth-order valence-electron chi connectivity index (χ4n) is 6.99. The maximum atomic E-state index is 11.4. The Morgan fingerprint density at radius 2 is 1.82 bits per heavy atom. The molecule has 0 spiro atoms. The average Bonchev–Trinajstić information content (AvgIpc) is 3.09. The van der Waals surface area contributed by atoms with Crippen molar-refractivity contribution in [2.24, 2.45) is 17.3 Å². The van der Waals surface area contributed by atoms with E-state index < -0.39 is 36.7 Å². The lowest BCUT2D eigenvalue weighted by Gasteiger charge is -2.50. The maximum Gasteiger partial charge on any atom is 0.335 e. The molecule has 9 nitrogen and oxygen atoms in total. The van der Waals surface area contributed by atoms with Gasteiger partial charge >= 0.3 is 5.97 Å². The molecule has 1 saturated heterocycles. The van der Waals surface area contributed by atoms with Crippen LogP contribution in [-0.2, 0) is 16.0 Å². The average molecular weight is 465 g/mol. The molecule has 3 aliphatic carbocycles. The Morgan fingerprint density at radius 3 is 2.55 bits per heavy atom. The summed E-state index contributed by atoms with van der Waals surface area (Å²) in [6.07, 6.45) is -3.72. The number of phenolic OH excluding ortho intramolecular Hbond substituents is 1. The van der Waals surface area contributed by atoms with Crippen molar-refractivity contribution >= 4 is 5.97 Å². The lowest BCUT2D eigenvalue weighted by molar-refractivity contribution is -0.271. The highest BCUT2D eigenvalue weighted by molar-refractivity contribution is 5.73. The lowest BCUT2D eigenvalue weighted by Crippen LogP contribution is -2.61. The number of aliphatic hydroxyl groups is 4. The number of aliphatic carboxylic acids is 1. The first-order valence-corrected chi connectivity index (χ1v) is 11.8. The lowest BCUT2D eigenvalue weighted by atomic mass is 9.55. The fraction of sp³-hybridized carbons (Fsp3) is 0.708. The van der Waals surface area contributed by atoms with Crippen LogP contribution in [0, 0.1) is 17.3 Å². The van der Waals surface area contributed by atoms with Gasteiger partial charge in [0.05, 0.1) is 6.10 Å². The number of rotatable bonds is 3. The molecule has 10 atom stereocenters. The summed E-state index contributed by atoms with van der Waals surface area (Å²) in [6.45, 7) is 2.20. The van der Waals surface area contributed by atoms with E-state index in [1.54, 1.807) is 0 Å². The number of benzene rings is 1. The predicted octanol–water partition coefficient (Wildman–Crippen LogP) is 0.880. The number of carboxylic acid groups (broad SMARTS) is 1. The zero-order valence-corrected chi connectivity index (χ0v) is 18.5. The molecule has 0 aromatic heterocycles. The van der Waals surface area contributed by atoms with Gasteiger partial charge in [0.25, 0.3) is 0 Å². The van der Waals surface area contributed by atoms with Crippen LogP contribution < -0.4 is 4.74 Å². The smallest absolute Gasteiger partial charge is 0.335 e. The molecular formula is C24H32O9. The predicted molar refractivity (Wildman–Crippen MR) is 114 cm³/mol. The highest BCUT2D eigenvalue weighted by atomic mass is 16.7. The third kappa shape index (κ3) is 3.44. The molecule has 0 unspecified atom stereocenters. The number of aliphatic hydroxyl groups excluding tert-OH is 4. The van der Waals surface area contributed by atoms with Crippen LogP contribution in [0.4, 0.5) is 0 Å². The number of phenols is 1. The summed E-state index contributed by atoms with van der Waals surface area (Å²) in [7, 11) is 0. The van der Waals surface area contributed by atoms with Crippen LogP contribution in [0.5, 0.6) is 11.5 Å². The molecule has 0 bridgehead atoms. The van der Waals surface area contributed by atoms with E-state index in [1.165, 1.54) is 6.07 Å². The molecule has 1 aromatic carbocycles. The van der Waals surface area contributed by atoms with Gasteiger partial charge in [-0.3, -0.25) is 0 Å². The first kappa shape index (κ1) is 22.9. The van der Waals surface area contributed by atoms with E-state index in [0.29, 0.717) is 18.3 Å². The molecule has 0 amide bonds. The van der Waals surface area contributed by atoms with Gasteiger partial charge in [-0.1, -0.05) is 13.0 Å². The Labute approximate surface area is 191 Å². The van der Waals surface area contributed by atoms with Gasteiger partial charge in [-0.25, -0.2) is 4.79 Å². The molecule has 9 heteroatoms.